The molecule has 0 saturated heterocycles. The molecule has 0 unspecified atom stereocenters. The molecule has 7 nitrogen and oxygen atoms in total. The topological polar surface area (TPSA) is 113 Å². The van der Waals surface area contributed by atoms with Gasteiger partial charge in [-0.15, -0.1) is 0 Å². The molecule has 3 N–H and O–H groups in total. The van der Waals surface area contributed by atoms with Crippen molar-refractivity contribution in [1.82, 2.24) is 0 Å². The van der Waals surface area contributed by atoms with E-state index in [0.717, 1.165) is 25.7 Å². The zero-order chi connectivity index (χ0) is 22.6. The van der Waals surface area contributed by atoms with Crippen molar-refractivity contribution in [3.8, 4) is 0 Å². The van der Waals surface area contributed by atoms with Gasteiger partial charge in [-0.3, -0.25) is 9.59 Å². The van der Waals surface area contributed by atoms with Gasteiger partial charge in [0.15, 0.2) is 0 Å². The lowest BCUT2D eigenvalue weighted by atomic mass is 10.0. The zero-order valence-electron chi connectivity index (χ0n) is 19.0. The van der Waals surface area contributed by atoms with Gasteiger partial charge in [-0.1, -0.05) is 64.7 Å². The van der Waals surface area contributed by atoms with Crippen LogP contribution in [0.4, 0.5) is 0 Å². The summed E-state index contributed by atoms with van der Waals surface area (Å²) in [6.45, 7) is 2.59. The van der Waals surface area contributed by atoms with Gasteiger partial charge in [-0.05, 0) is 25.7 Å². The van der Waals surface area contributed by atoms with E-state index in [-0.39, 0.29) is 12.5 Å². The maximum Gasteiger partial charge on any atom is 0.309 e. The van der Waals surface area contributed by atoms with Crippen molar-refractivity contribution < 1.29 is 34.4 Å². The molecule has 178 valence electrons. The minimum Gasteiger partial charge on any atom is -0.462 e. The van der Waals surface area contributed by atoms with Crippen molar-refractivity contribution in [1.29, 1.82) is 0 Å². The number of unbranched alkanes of at least 4 members (excludes halogenated alkanes) is 8. The number of carbonyl (C=O) groups is 2. The van der Waals surface area contributed by atoms with Crippen LogP contribution >= 0.6 is 0 Å². The van der Waals surface area contributed by atoms with Crippen LogP contribution in [0.15, 0.2) is 0 Å². The third-order valence-electron chi connectivity index (χ3n) is 5.14. The third-order valence-corrected chi connectivity index (χ3v) is 5.14. The number of aliphatic hydroxyl groups excluding tert-OH is 3. The number of hydrogen-bond acceptors (Lipinski definition) is 7. The van der Waals surface area contributed by atoms with E-state index in [1.165, 1.54) is 51.9 Å². The standard InChI is InChI=1S/C23H44O7/c1-3-4-5-6-7-8-9-10-13-20(27)14-11-12-15-21(29-19(2)26)16-23(28)30-22(17-24)18-25/h20-22,24-25,27H,3-18H2,1-2H3/t20-,21-/m1/s1. The summed E-state index contributed by atoms with van der Waals surface area (Å²) in [5, 5.41) is 28.1. The summed E-state index contributed by atoms with van der Waals surface area (Å²) in [6, 6.07) is 0. The third kappa shape index (κ3) is 17.7. The molecule has 0 amide bonds. The van der Waals surface area contributed by atoms with Gasteiger partial charge in [0.1, 0.15) is 12.2 Å². The van der Waals surface area contributed by atoms with Crippen molar-refractivity contribution in [2.75, 3.05) is 13.2 Å². The summed E-state index contributed by atoms with van der Waals surface area (Å²) in [6.07, 6.45) is 11.5. The summed E-state index contributed by atoms with van der Waals surface area (Å²) in [5.41, 5.74) is 0. The smallest absolute Gasteiger partial charge is 0.309 e. The van der Waals surface area contributed by atoms with Crippen LogP contribution in [0.25, 0.3) is 0 Å². The maximum atomic E-state index is 11.9. The lowest BCUT2D eigenvalue weighted by Gasteiger charge is -2.19. The van der Waals surface area contributed by atoms with E-state index in [1.807, 2.05) is 0 Å². The van der Waals surface area contributed by atoms with Crippen molar-refractivity contribution in [3.63, 3.8) is 0 Å². The molecule has 0 fully saturated rings. The highest BCUT2D eigenvalue weighted by atomic mass is 16.6. The van der Waals surface area contributed by atoms with Gasteiger partial charge in [-0.25, -0.2) is 0 Å². The quantitative estimate of drug-likeness (QED) is 0.199. The highest BCUT2D eigenvalue weighted by molar-refractivity contribution is 5.71. The Kier molecular flexibility index (Phi) is 19.0. The highest BCUT2D eigenvalue weighted by Crippen LogP contribution is 2.16. The first-order valence-electron chi connectivity index (χ1n) is 11.7. The van der Waals surface area contributed by atoms with Crippen molar-refractivity contribution in [3.05, 3.63) is 0 Å². The van der Waals surface area contributed by atoms with E-state index in [1.54, 1.807) is 0 Å². The largest absolute Gasteiger partial charge is 0.462 e. The summed E-state index contributed by atoms with van der Waals surface area (Å²) in [5.74, 6) is -1.09. The monoisotopic (exact) mass is 432 g/mol. The predicted molar refractivity (Wildman–Crippen MR) is 116 cm³/mol. The molecule has 0 heterocycles. The molecule has 0 aliphatic carbocycles. The van der Waals surface area contributed by atoms with Crippen molar-refractivity contribution in [2.24, 2.45) is 0 Å². The summed E-state index contributed by atoms with van der Waals surface area (Å²) >= 11 is 0. The van der Waals surface area contributed by atoms with Crippen LogP contribution in [-0.4, -0.2) is 58.8 Å². The first kappa shape index (κ1) is 28.8. The molecule has 2 atom stereocenters. The Morgan fingerprint density at radius 1 is 0.733 bits per heavy atom. The van der Waals surface area contributed by atoms with Crippen LogP contribution in [0.2, 0.25) is 0 Å². The Morgan fingerprint density at radius 2 is 1.23 bits per heavy atom. The first-order valence-corrected chi connectivity index (χ1v) is 11.7. The second-order valence-electron chi connectivity index (χ2n) is 8.11. The van der Waals surface area contributed by atoms with E-state index < -0.39 is 37.4 Å². The van der Waals surface area contributed by atoms with Crippen molar-refractivity contribution in [2.45, 2.75) is 122 Å². The molecule has 0 spiro atoms. The Hall–Kier alpha value is -1.18. The van der Waals surface area contributed by atoms with Crippen LogP contribution < -0.4 is 0 Å². The molecule has 0 saturated carbocycles. The lowest BCUT2D eigenvalue weighted by molar-refractivity contribution is -0.160. The second-order valence-corrected chi connectivity index (χ2v) is 8.11. The summed E-state index contributed by atoms with van der Waals surface area (Å²) in [7, 11) is 0. The molecule has 7 heteroatoms. The van der Waals surface area contributed by atoms with Gasteiger partial charge < -0.3 is 24.8 Å². The van der Waals surface area contributed by atoms with E-state index in [9.17, 15) is 14.7 Å². The number of carbonyl (C=O) groups excluding carboxylic acids is 2. The molecular weight excluding hydrogens is 388 g/mol. The Morgan fingerprint density at radius 3 is 1.77 bits per heavy atom. The van der Waals surface area contributed by atoms with Crippen LogP contribution in [0.3, 0.4) is 0 Å². The van der Waals surface area contributed by atoms with E-state index in [0.29, 0.717) is 12.8 Å². The molecule has 30 heavy (non-hydrogen) atoms. The maximum absolute atomic E-state index is 11.9. The number of rotatable bonds is 20. The molecule has 0 aromatic rings. The molecule has 0 aromatic carbocycles. The van der Waals surface area contributed by atoms with Crippen LogP contribution in [-0.2, 0) is 19.1 Å². The van der Waals surface area contributed by atoms with E-state index in [4.69, 9.17) is 19.7 Å². The van der Waals surface area contributed by atoms with Gasteiger partial charge in [0.25, 0.3) is 0 Å². The molecule has 0 aromatic heterocycles. The Labute approximate surface area is 182 Å². The SMILES string of the molecule is CCCCCCCCCC[C@@H](O)CCCC[C@H](CC(=O)OC(CO)CO)OC(C)=O. The average Bonchev–Trinajstić information content (AvgIpc) is 2.70. The lowest BCUT2D eigenvalue weighted by Crippen LogP contribution is -2.29. The van der Waals surface area contributed by atoms with Gasteiger partial charge >= 0.3 is 11.9 Å². The number of ether oxygens (including phenoxy) is 2. The molecule has 0 aliphatic heterocycles. The fraction of sp³-hybridized carbons (Fsp3) is 0.913. The summed E-state index contributed by atoms with van der Waals surface area (Å²) < 4.78 is 10.1. The van der Waals surface area contributed by atoms with Crippen LogP contribution in [0, 0.1) is 0 Å². The second kappa shape index (κ2) is 19.8. The summed E-state index contributed by atoms with van der Waals surface area (Å²) in [4.78, 5) is 23.1. The van der Waals surface area contributed by atoms with Crippen LogP contribution in [0.1, 0.15) is 104 Å². The predicted octanol–water partition coefficient (Wildman–Crippen LogP) is 3.66. The van der Waals surface area contributed by atoms with Crippen LogP contribution in [0.5, 0.6) is 0 Å². The Bertz CT molecular complexity index is 424. The zero-order valence-corrected chi connectivity index (χ0v) is 19.0. The number of hydrogen-bond donors (Lipinski definition) is 3. The number of esters is 2. The molecule has 0 bridgehead atoms. The van der Waals surface area contributed by atoms with E-state index in [2.05, 4.69) is 6.92 Å². The molecule has 0 radical (unpaired) electrons. The van der Waals surface area contributed by atoms with Crippen molar-refractivity contribution >= 4 is 11.9 Å². The fourth-order valence-electron chi connectivity index (χ4n) is 3.40. The highest BCUT2D eigenvalue weighted by Gasteiger charge is 2.20. The Balaban J connectivity index is 3.93. The fourth-order valence-corrected chi connectivity index (χ4v) is 3.40. The average molecular weight is 433 g/mol. The normalized spacial score (nSPS) is 13.3. The molecule has 0 aliphatic rings. The van der Waals surface area contributed by atoms with E-state index >= 15 is 0 Å². The minimum absolute atomic E-state index is 0.114. The molecular formula is C23H44O7. The number of aliphatic hydroxyl groups is 3. The van der Waals surface area contributed by atoms with Gasteiger partial charge in [-0.2, -0.15) is 0 Å². The van der Waals surface area contributed by atoms with Gasteiger partial charge in [0, 0.05) is 6.92 Å². The molecule has 0 rings (SSSR count). The minimum atomic E-state index is -0.957. The first-order chi connectivity index (χ1) is 14.4. The van der Waals surface area contributed by atoms with Gasteiger partial charge in [0.05, 0.1) is 25.7 Å². The van der Waals surface area contributed by atoms with Gasteiger partial charge in [0.2, 0.25) is 0 Å².